The van der Waals surface area contributed by atoms with Crippen molar-refractivity contribution in [1.29, 1.82) is 0 Å². The number of rotatable bonds is 8. The van der Waals surface area contributed by atoms with Crippen LogP contribution in [0.5, 0.6) is 11.5 Å². The summed E-state index contributed by atoms with van der Waals surface area (Å²) in [4.78, 5) is 0. The summed E-state index contributed by atoms with van der Waals surface area (Å²) in [5, 5.41) is 3.62. The van der Waals surface area contributed by atoms with E-state index in [1.807, 2.05) is 24.3 Å². The van der Waals surface area contributed by atoms with Gasteiger partial charge in [-0.1, -0.05) is 31.9 Å². The van der Waals surface area contributed by atoms with Gasteiger partial charge in [-0.15, -0.1) is 0 Å². The van der Waals surface area contributed by atoms with Crippen molar-refractivity contribution < 1.29 is 9.47 Å². The number of ether oxygens (including phenoxy) is 2. The van der Waals surface area contributed by atoms with E-state index in [4.69, 9.17) is 9.47 Å². The summed E-state index contributed by atoms with van der Waals surface area (Å²) in [6.07, 6.45) is 3.46. The molecule has 3 nitrogen and oxygen atoms in total. The van der Waals surface area contributed by atoms with E-state index in [2.05, 4.69) is 36.5 Å². The fraction of sp³-hybridized carbons (Fsp3) is 0.368. The first-order valence-electron chi connectivity index (χ1n) is 7.81. The quantitative estimate of drug-likeness (QED) is 0.740. The third kappa shape index (κ3) is 4.42. The van der Waals surface area contributed by atoms with Gasteiger partial charge in [-0.25, -0.2) is 0 Å². The molecule has 1 unspecified atom stereocenters. The van der Waals surface area contributed by atoms with Crippen molar-refractivity contribution in [3.63, 3.8) is 0 Å². The molecule has 2 aromatic carbocycles. The van der Waals surface area contributed by atoms with Gasteiger partial charge in [0.2, 0.25) is 0 Å². The first-order chi connectivity index (χ1) is 10.8. The molecule has 0 saturated heterocycles. The largest absolute Gasteiger partial charge is 0.497 e. The Kier molecular flexibility index (Phi) is 6.13. The van der Waals surface area contributed by atoms with Gasteiger partial charge in [0.05, 0.1) is 20.3 Å². The molecule has 2 aromatic rings. The van der Waals surface area contributed by atoms with Crippen LogP contribution in [-0.2, 0) is 0 Å². The molecule has 22 heavy (non-hydrogen) atoms. The lowest BCUT2D eigenvalue weighted by molar-refractivity contribution is 0.413. The molecule has 0 bridgehead atoms. The number of hydrogen-bond acceptors (Lipinski definition) is 3. The van der Waals surface area contributed by atoms with Crippen molar-refractivity contribution in [2.24, 2.45) is 0 Å². The second-order valence-electron chi connectivity index (χ2n) is 5.34. The minimum Gasteiger partial charge on any atom is -0.497 e. The number of anilines is 1. The zero-order valence-corrected chi connectivity index (χ0v) is 13.6. The number of methoxy groups -OCH3 is 2. The van der Waals surface area contributed by atoms with Crippen LogP contribution in [0.3, 0.4) is 0 Å². The predicted molar refractivity (Wildman–Crippen MR) is 91.9 cm³/mol. The number of nitrogens with one attached hydrogen (secondary N) is 1. The van der Waals surface area contributed by atoms with E-state index in [0.717, 1.165) is 23.6 Å². The van der Waals surface area contributed by atoms with Crippen LogP contribution >= 0.6 is 0 Å². The van der Waals surface area contributed by atoms with Gasteiger partial charge in [-0.3, -0.25) is 0 Å². The first kappa shape index (κ1) is 16.2. The minimum absolute atomic E-state index is 0.281. The van der Waals surface area contributed by atoms with Crippen molar-refractivity contribution in [3.8, 4) is 11.5 Å². The maximum atomic E-state index is 5.35. The Morgan fingerprint density at radius 1 is 0.955 bits per heavy atom. The van der Waals surface area contributed by atoms with Crippen molar-refractivity contribution >= 4 is 5.69 Å². The van der Waals surface area contributed by atoms with Gasteiger partial charge in [0.25, 0.3) is 0 Å². The smallest absolute Gasteiger partial charge is 0.119 e. The summed E-state index contributed by atoms with van der Waals surface area (Å²) in [5.41, 5.74) is 2.35. The lowest BCUT2D eigenvalue weighted by Crippen LogP contribution is -2.11. The molecular formula is C19H25NO2. The average Bonchev–Trinajstić information content (AvgIpc) is 2.59. The lowest BCUT2D eigenvalue weighted by atomic mass is 10.0. The van der Waals surface area contributed by atoms with Gasteiger partial charge in [-0.2, -0.15) is 0 Å². The van der Waals surface area contributed by atoms with E-state index in [1.165, 1.54) is 18.4 Å². The second kappa shape index (κ2) is 8.32. The van der Waals surface area contributed by atoms with E-state index < -0.39 is 0 Å². The molecule has 118 valence electrons. The summed E-state index contributed by atoms with van der Waals surface area (Å²) in [5.74, 6) is 1.77. The topological polar surface area (TPSA) is 30.5 Å². The molecule has 3 heteroatoms. The Bertz CT molecular complexity index is 566. The normalized spacial score (nSPS) is 11.8. The van der Waals surface area contributed by atoms with Crippen LogP contribution in [-0.4, -0.2) is 14.2 Å². The van der Waals surface area contributed by atoms with Crippen molar-refractivity contribution in [2.45, 2.75) is 32.2 Å². The Morgan fingerprint density at radius 2 is 1.68 bits per heavy atom. The highest BCUT2D eigenvalue weighted by Crippen LogP contribution is 2.28. The predicted octanol–water partition coefficient (Wildman–Crippen LogP) is 5.05. The molecule has 2 rings (SSSR count). The number of hydrogen-bond donors (Lipinski definition) is 1. The maximum absolute atomic E-state index is 5.35. The highest BCUT2D eigenvalue weighted by molar-refractivity contribution is 5.48. The standard InChI is InChI=1S/C19H25NO2/c1-4-5-9-19(15-7-6-8-18(14-15)22-3)20-16-10-12-17(21-2)13-11-16/h6-8,10-14,19-20H,4-5,9H2,1-3H3. The molecule has 0 amide bonds. The highest BCUT2D eigenvalue weighted by Gasteiger charge is 2.12. The average molecular weight is 299 g/mol. The van der Waals surface area contributed by atoms with Crippen LogP contribution in [0.1, 0.15) is 37.8 Å². The fourth-order valence-corrected chi connectivity index (χ4v) is 2.48. The Labute approximate surface area is 133 Å². The molecule has 0 aliphatic heterocycles. The molecule has 0 fully saturated rings. The zero-order valence-electron chi connectivity index (χ0n) is 13.6. The molecule has 0 saturated carbocycles. The van der Waals surface area contributed by atoms with Crippen molar-refractivity contribution in [3.05, 3.63) is 54.1 Å². The summed E-state index contributed by atoms with van der Waals surface area (Å²) < 4.78 is 10.6. The number of unbranched alkanes of at least 4 members (excludes halogenated alkanes) is 1. The Hall–Kier alpha value is -2.16. The van der Waals surface area contributed by atoms with Gasteiger partial charge in [-0.05, 0) is 48.4 Å². The van der Waals surface area contributed by atoms with Crippen LogP contribution in [0.2, 0.25) is 0 Å². The SMILES string of the molecule is CCCCC(Nc1ccc(OC)cc1)c1cccc(OC)c1. The monoisotopic (exact) mass is 299 g/mol. The Morgan fingerprint density at radius 3 is 2.32 bits per heavy atom. The third-order valence-corrected chi connectivity index (χ3v) is 3.77. The van der Waals surface area contributed by atoms with Crippen LogP contribution in [0.25, 0.3) is 0 Å². The zero-order chi connectivity index (χ0) is 15.8. The Balaban J connectivity index is 2.16. The van der Waals surface area contributed by atoms with E-state index >= 15 is 0 Å². The van der Waals surface area contributed by atoms with Gasteiger partial charge in [0.1, 0.15) is 11.5 Å². The van der Waals surface area contributed by atoms with E-state index in [-0.39, 0.29) is 6.04 Å². The third-order valence-electron chi connectivity index (χ3n) is 3.77. The van der Waals surface area contributed by atoms with Crippen molar-refractivity contribution in [1.82, 2.24) is 0 Å². The molecule has 0 aliphatic rings. The molecule has 1 N–H and O–H groups in total. The van der Waals surface area contributed by atoms with Crippen LogP contribution in [0.15, 0.2) is 48.5 Å². The van der Waals surface area contributed by atoms with Crippen LogP contribution in [0, 0.1) is 0 Å². The van der Waals surface area contributed by atoms with E-state index in [1.54, 1.807) is 14.2 Å². The van der Waals surface area contributed by atoms with Gasteiger partial charge in [0, 0.05) is 5.69 Å². The molecule has 0 radical (unpaired) electrons. The molecule has 0 heterocycles. The molecule has 1 atom stereocenters. The fourth-order valence-electron chi connectivity index (χ4n) is 2.48. The highest BCUT2D eigenvalue weighted by atomic mass is 16.5. The first-order valence-corrected chi connectivity index (χ1v) is 7.81. The summed E-state index contributed by atoms with van der Waals surface area (Å²) in [7, 11) is 3.39. The van der Waals surface area contributed by atoms with Gasteiger partial charge in [0.15, 0.2) is 0 Å². The molecular weight excluding hydrogens is 274 g/mol. The van der Waals surface area contributed by atoms with Gasteiger partial charge < -0.3 is 14.8 Å². The number of benzene rings is 2. The molecule has 0 spiro atoms. The second-order valence-corrected chi connectivity index (χ2v) is 5.34. The lowest BCUT2D eigenvalue weighted by Gasteiger charge is -2.21. The maximum Gasteiger partial charge on any atom is 0.119 e. The van der Waals surface area contributed by atoms with E-state index in [0.29, 0.717) is 0 Å². The van der Waals surface area contributed by atoms with E-state index in [9.17, 15) is 0 Å². The van der Waals surface area contributed by atoms with Crippen molar-refractivity contribution in [2.75, 3.05) is 19.5 Å². The summed E-state index contributed by atoms with van der Waals surface area (Å²) in [6.45, 7) is 2.22. The van der Waals surface area contributed by atoms with Crippen LogP contribution < -0.4 is 14.8 Å². The molecule has 0 aliphatic carbocycles. The summed E-state index contributed by atoms with van der Waals surface area (Å²) >= 11 is 0. The summed E-state index contributed by atoms with van der Waals surface area (Å²) in [6, 6.07) is 16.6. The van der Waals surface area contributed by atoms with Gasteiger partial charge >= 0.3 is 0 Å². The molecule has 0 aromatic heterocycles. The van der Waals surface area contributed by atoms with Crippen LogP contribution in [0.4, 0.5) is 5.69 Å². The minimum atomic E-state index is 0.281.